The van der Waals surface area contributed by atoms with Crippen LogP contribution in [0.3, 0.4) is 0 Å². The molecule has 0 fully saturated rings. The topological polar surface area (TPSA) is 58.5 Å². The molecule has 1 atom stereocenters. The van der Waals surface area contributed by atoms with Crippen LogP contribution >= 0.6 is 22.9 Å². The molecule has 1 unspecified atom stereocenters. The summed E-state index contributed by atoms with van der Waals surface area (Å²) in [7, 11) is 0. The molecule has 2 amide bonds. The molecule has 1 N–H and O–H groups in total. The Kier molecular flexibility index (Phi) is 3.61. The molecule has 0 saturated heterocycles. The van der Waals surface area contributed by atoms with Crippen LogP contribution in [-0.4, -0.2) is 17.5 Å². The van der Waals surface area contributed by atoms with Crippen molar-refractivity contribution in [3.8, 4) is 0 Å². The minimum absolute atomic E-state index is 0.0490. The van der Waals surface area contributed by atoms with E-state index in [0.717, 1.165) is 11.3 Å². The zero-order valence-corrected chi connectivity index (χ0v) is 12.7. The summed E-state index contributed by atoms with van der Waals surface area (Å²) in [5.41, 5.74) is 2.24. The number of thiophene rings is 1. The summed E-state index contributed by atoms with van der Waals surface area (Å²) in [6.45, 7) is 1.91. The van der Waals surface area contributed by atoms with E-state index in [1.54, 1.807) is 30.4 Å². The second kappa shape index (κ2) is 5.42. The van der Waals surface area contributed by atoms with Crippen LogP contribution in [0.5, 0.6) is 0 Å². The van der Waals surface area contributed by atoms with E-state index in [2.05, 4.69) is 10.3 Å². The number of amides is 2. The van der Waals surface area contributed by atoms with E-state index in [-0.39, 0.29) is 17.7 Å². The molecule has 0 aromatic carbocycles. The summed E-state index contributed by atoms with van der Waals surface area (Å²) < 4.78 is 0.552. The number of fused-ring (bicyclic) bond motifs is 1. The fourth-order valence-corrected chi connectivity index (χ4v) is 3.18. The highest BCUT2D eigenvalue weighted by Gasteiger charge is 2.24. The Balaban J connectivity index is 1.87. The summed E-state index contributed by atoms with van der Waals surface area (Å²) in [5, 5.41) is 2.78. The molecular weight excluding hydrogens is 308 g/mol. The van der Waals surface area contributed by atoms with Crippen molar-refractivity contribution in [2.45, 2.75) is 6.92 Å². The van der Waals surface area contributed by atoms with Crippen LogP contribution in [0.25, 0.3) is 0 Å². The molecule has 6 heteroatoms. The van der Waals surface area contributed by atoms with Crippen LogP contribution in [0.1, 0.15) is 16.6 Å². The van der Waals surface area contributed by atoms with Crippen molar-refractivity contribution in [3.63, 3.8) is 0 Å². The maximum atomic E-state index is 12.0. The lowest BCUT2D eigenvalue weighted by atomic mass is 9.89. The maximum absolute atomic E-state index is 12.0. The first-order chi connectivity index (χ1) is 10.0. The van der Waals surface area contributed by atoms with Crippen LogP contribution in [-0.2, 0) is 4.79 Å². The van der Waals surface area contributed by atoms with Crippen molar-refractivity contribution < 1.29 is 9.59 Å². The molecule has 2 aliphatic rings. The molecule has 1 aliphatic heterocycles. The summed E-state index contributed by atoms with van der Waals surface area (Å²) in [5.74, 6) is -0.440. The molecule has 0 bridgehead atoms. The van der Waals surface area contributed by atoms with Gasteiger partial charge in [-0.15, -0.1) is 11.3 Å². The van der Waals surface area contributed by atoms with Crippen LogP contribution in [0.15, 0.2) is 52.7 Å². The van der Waals surface area contributed by atoms with Gasteiger partial charge in [0.15, 0.2) is 0 Å². The average molecular weight is 319 g/mol. The Labute approximate surface area is 130 Å². The van der Waals surface area contributed by atoms with E-state index in [9.17, 15) is 9.59 Å². The van der Waals surface area contributed by atoms with Crippen molar-refractivity contribution >= 4 is 40.5 Å². The number of carbonyl (C=O) groups excluding carboxylic acids is 2. The molecule has 1 aromatic heterocycles. The largest absolute Gasteiger partial charge is 0.325 e. The summed E-state index contributed by atoms with van der Waals surface area (Å²) in [4.78, 5) is 28.1. The normalized spacial score (nSPS) is 22.5. The standard InChI is InChI=1S/C15H11ClN2O2S/c1-8-6-14(19)18-11-7-9(2-3-10(8)11)17-15(20)12-4-5-13(16)21-12/h2-7,10H,1H3,(H,18,19). The van der Waals surface area contributed by atoms with Crippen LogP contribution in [0.4, 0.5) is 0 Å². The van der Waals surface area contributed by atoms with Crippen LogP contribution in [0.2, 0.25) is 4.34 Å². The Morgan fingerprint density at radius 1 is 1.38 bits per heavy atom. The number of hydrogen-bond donors (Lipinski definition) is 1. The van der Waals surface area contributed by atoms with Gasteiger partial charge in [0.1, 0.15) is 0 Å². The third-order valence-corrected chi connectivity index (χ3v) is 4.45. The quantitative estimate of drug-likeness (QED) is 0.865. The lowest BCUT2D eigenvalue weighted by Crippen LogP contribution is -2.32. The molecule has 21 heavy (non-hydrogen) atoms. The zero-order valence-electron chi connectivity index (χ0n) is 11.1. The number of allylic oxidation sites excluding steroid dienone is 3. The van der Waals surface area contributed by atoms with Gasteiger partial charge < -0.3 is 5.32 Å². The third kappa shape index (κ3) is 2.89. The fourth-order valence-electron chi connectivity index (χ4n) is 2.25. The van der Waals surface area contributed by atoms with Crippen molar-refractivity contribution in [2.75, 3.05) is 0 Å². The van der Waals surface area contributed by atoms with Crippen LogP contribution < -0.4 is 5.32 Å². The molecule has 4 nitrogen and oxygen atoms in total. The van der Waals surface area contributed by atoms with E-state index in [1.807, 2.05) is 13.0 Å². The molecule has 3 rings (SSSR count). The van der Waals surface area contributed by atoms with Crippen molar-refractivity contribution in [1.29, 1.82) is 0 Å². The first-order valence-electron chi connectivity index (χ1n) is 6.30. The molecule has 0 spiro atoms. The van der Waals surface area contributed by atoms with Gasteiger partial charge in [-0.25, -0.2) is 4.99 Å². The predicted molar refractivity (Wildman–Crippen MR) is 83.7 cm³/mol. The maximum Gasteiger partial charge on any atom is 0.287 e. The van der Waals surface area contributed by atoms with Gasteiger partial charge in [-0.3, -0.25) is 9.59 Å². The lowest BCUT2D eigenvalue weighted by molar-refractivity contribution is -0.116. The number of nitrogens with one attached hydrogen (secondary N) is 1. The lowest BCUT2D eigenvalue weighted by Gasteiger charge is -2.25. The first kappa shape index (κ1) is 14.0. The number of aliphatic imine (C=N–C) groups is 1. The number of hydrogen-bond acceptors (Lipinski definition) is 3. The Bertz CT molecular complexity index is 755. The van der Waals surface area contributed by atoms with E-state index in [1.165, 1.54) is 11.3 Å². The van der Waals surface area contributed by atoms with Gasteiger partial charge in [-0.05, 0) is 31.2 Å². The van der Waals surface area contributed by atoms with Crippen molar-refractivity contribution in [1.82, 2.24) is 5.32 Å². The van der Waals surface area contributed by atoms with E-state index in [4.69, 9.17) is 11.6 Å². The fraction of sp³-hybridized carbons (Fsp3) is 0.133. The molecule has 1 aromatic rings. The summed E-state index contributed by atoms with van der Waals surface area (Å²) >= 11 is 7.00. The van der Waals surface area contributed by atoms with Gasteiger partial charge in [-0.2, -0.15) is 0 Å². The Morgan fingerprint density at radius 2 is 2.19 bits per heavy atom. The predicted octanol–water partition coefficient (Wildman–Crippen LogP) is 3.13. The van der Waals surface area contributed by atoms with Gasteiger partial charge in [0, 0.05) is 17.7 Å². The summed E-state index contributed by atoms with van der Waals surface area (Å²) in [6.07, 6.45) is 7.02. The monoisotopic (exact) mass is 318 g/mol. The highest BCUT2D eigenvalue weighted by atomic mass is 35.5. The minimum Gasteiger partial charge on any atom is -0.325 e. The molecule has 0 radical (unpaired) electrons. The molecule has 106 valence electrons. The second-order valence-corrected chi connectivity index (χ2v) is 6.47. The van der Waals surface area contributed by atoms with Gasteiger partial charge >= 0.3 is 0 Å². The minimum atomic E-state index is -0.337. The average Bonchev–Trinajstić information content (AvgIpc) is 2.85. The van der Waals surface area contributed by atoms with E-state index in [0.29, 0.717) is 14.9 Å². The number of rotatable bonds is 1. The van der Waals surface area contributed by atoms with Gasteiger partial charge in [0.05, 0.1) is 14.9 Å². The molecule has 2 heterocycles. The third-order valence-electron chi connectivity index (χ3n) is 3.23. The van der Waals surface area contributed by atoms with Gasteiger partial charge in [0.2, 0.25) is 5.91 Å². The molecule has 1 aliphatic carbocycles. The first-order valence-corrected chi connectivity index (χ1v) is 7.50. The smallest absolute Gasteiger partial charge is 0.287 e. The highest BCUT2D eigenvalue weighted by Crippen LogP contribution is 2.27. The second-order valence-electron chi connectivity index (χ2n) is 4.76. The number of halogens is 1. The highest BCUT2D eigenvalue weighted by molar-refractivity contribution is 7.18. The van der Waals surface area contributed by atoms with Gasteiger partial charge in [0.25, 0.3) is 5.91 Å². The molecular formula is C15H11ClN2O2S. The zero-order chi connectivity index (χ0) is 15.0. The van der Waals surface area contributed by atoms with E-state index >= 15 is 0 Å². The SMILES string of the molecule is CC1=CC(=O)NC2=CC(=NC(=O)c3ccc(Cl)s3)C=CC12. The Hall–Kier alpha value is -1.98. The number of carbonyl (C=O) groups is 2. The van der Waals surface area contributed by atoms with Crippen molar-refractivity contribution in [2.24, 2.45) is 10.9 Å². The Morgan fingerprint density at radius 3 is 2.90 bits per heavy atom. The van der Waals surface area contributed by atoms with E-state index < -0.39 is 0 Å². The summed E-state index contributed by atoms with van der Waals surface area (Å²) in [6, 6.07) is 3.32. The number of nitrogens with zero attached hydrogens (tertiary/aromatic N) is 1. The van der Waals surface area contributed by atoms with Gasteiger partial charge in [-0.1, -0.05) is 23.3 Å². The molecule has 0 saturated carbocycles. The van der Waals surface area contributed by atoms with Crippen LogP contribution in [0, 0.1) is 5.92 Å². The van der Waals surface area contributed by atoms with Crippen molar-refractivity contribution in [3.05, 3.63) is 56.9 Å².